The number of hydrogen-bond acceptors (Lipinski definition) is 4. The highest BCUT2D eigenvalue weighted by Crippen LogP contribution is 2.44. The summed E-state index contributed by atoms with van der Waals surface area (Å²) in [4.78, 5) is 32.7. The summed E-state index contributed by atoms with van der Waals surface area (Å²) in [6.45, 7) is 10.3. The van der Waals surface area contributed by atoms with Crippen LogP contribution in [0.4, 0.5) is 24.5 Å². The summed E-state index contributed by atoms with van der Waals surface area (Å²) < 4.78 is 41.1. The van der Waals surface area contributed by atoms with E-state index >= 15 is 0 Å². The number of amides is 2. The molecule has 3 aliphatic heterocycles. The zero-order chi connectivity index (χ0) is 27.9. The molecule has 2 amide bonds. The van der Waals surface area contributed by atoms with Crippen LogP contribution in [0.2, 0.25) is 0 Å². The predicted molar refractivity (Wildman–Crippen MR) is 144 cm³/mol. The Balaban J connectivity index is 1.20. The van der Waals surface area contributed by atoms with Crippen molar-refractivity contribution in [1.29, 1.82) is 0 Å². The molecular formula is C30H36F3N3O3. The number of benzene rings is 2. The van der Waals surface area contributed by atoms with Crippen molar-refractivity contribution in [3.05, 3.63) is 53.6 Å². The van der Waals surface area contributed by atoms with Gasteiger partial charge in [0.2, 0.25) is 5.91 Å². The summed E-state index contributed by atoms with van der Waals surface area (Å²) in [5.41, 5.74) is 3.08. The van der Waals surface area contributed by atoms with Crippen molar-refractivity contribution < 1.29 is 27.5 Å². The van der Waals surface area contributed by atoms with E-state index in [1.807, 2.05) is 4.90 Å². The third kappa shape index (κ3) is 5.58. The summed E-state index contributed by atoms with van der Waals surface area (Å²) in [5.74, 6) is 0.898. The van der Waals surface area contributed by atoms with Gasteiger partial charge in [-0.2, -0.15) is 0 Å². The molecular weight excluding hydrogens is 507 g/mol. The normalized spacial score (nSPS) is 21.4. The van der Waals surface area contributed by atoms with E-state index in [0.717, 1.165) is 42.9 Å². The summed E-state index contributed by atoms with van der Waals surface area (Å²) >= 11 is 0. The van der Waals surface area contributed by atoms with Crippen LogP contribution in [0.3, 0.4) is 0 Å². The lowest BCUT2D eigenvalue weighted by atomic mass is 9.77. The Morgan fingerprint density at radius 1 is 1.00 bits per heavy atom. The minimum atomic E-state index is -4.78. The van der Waals surface area contributed by atoms with Crippen LogP contribution in [0.5, 0.6) is 5.75 Å². The smallest absolute Gasteiger partial charge is 0.406 e. The second-order valence-electron chi connectivity index (χ2n) is 11.6. The molecule has 3 fully saturated rings. The predicted octanol–water partition coefficient (Wildman–Crippen LogP) is 6.04. The van der Waals surface area contributed by atoms with Gasteiger partial charge in [0.15, 0.2) is 0 Å². The number of anilines is 2. The molecule has 39 heavy (non-hydrogen) atoms. The van der Waals surface area contributed by atoms with Crippen molar-refractivity contribution in [3.8, 4) is 5.75 Å². The molecule has 3 saturated heterocycles. The fraction of sp³-hybridized carbons (Fsp3) is 0.533. The fourth-order valence-corrected chi connectivity index (χ4v) is 6.34. The SMILES string of the molecule is Cc1cc(N2CCC(C(C)C)C2)ccc1N1CCC2(CCN(C(=O)c3ccc(OC(F)(F)F)cc3)CC2)C1=O. The van der Waals surface area contributed by atoms with E-state index in [9.17, 15) is 22.8 Å². The molecule has 0 aromatic heterocycles. The largest absolute Gasteiger partial charge is 0.573 e. The van der Waals surface area contributed by atoms with E-state index in [2.05, 4.69) is 48.6 Å². The second-order valence-corrected chi connectivity index (χ2v) is 11.6. The van der Waals surface area contributed by atoms with Crippen LogP contribution in [-0.2, 0) is 4.79 Å². The van der Waals surface area contributed by atoms with Gasteiger partial charge < -0.3 is 19.4 Å². The van der Waals surface area contributed by atoms with Gasteiger partial charge in [0.1, 0.15) is 5.75 Å². The molecule has 5 rings (SSSR count). The molecule has 9 heteroatoms. The monoisotopic (exact) mass is 543 g/mol. The minimum Gasteiger partial charge on any atom is -0.406 e. The standard InChI is InChI=1S/C30H36F3N3O3/c1-20(2)23-10-14-35(19-23)24-6-9-26(21(3)18-24)36-17-13-29(28(36)38)11-15-34(16-12-29)27(37)22-4-7-25(8-5-22)39-30(31,32)33/h4-9,18,20,23H,10-17,19H2,1-3H3. The topological polar surface area (TPSA) is 53.1 Å². The van der Waals surface area contributed by atoms with E-state index in [0.29, 0.717) is 49.9 Å². The first kappa shape index (κ1) is 27.3. The van der Waals surface area contributed by atoms with Gasteiger partial charge in [-0.25, -0.2) is 0 Å². The maximum atomic E-state index is 13.7. The van der Waals surface area contributed by atoms with Crippen LogP contribution >= 0.6 is 0 Å². The number of nitrogens with zero attached hydrogens (tertiary/aromatic N) is 3. The molecule has 2 aromatic carbocycles. The Morgan fingerprint density at radius 2 is 1.67 bits per heavy atom. The fourth-order valence-electron chi connectivity index (χ4n) is 6.34. The number of carbonyl (C=O) groups is 2. The highest BCUT2D eigenvalue weighted by molar-refractivity contribution is 6.01. The quantitative estimate of drug-likeness (QED) is 0.462. The van der Waals surface area contributed by atoms with Crippen LogP contribution in [0, 0.1) is 24.2 Å². The number of hydrogen-bond donors (Lipinski definition) is 0. The Hall–Kier alpha value is -3.23. The summed E-state index contributed by atoms with van der Waals surface area (Å²) in [7, 11) is 0. The summed E-state index contributed by atoms with van der Waals surface area (Å²) in [5, 5.41) is 0. The zero-order valence-corrected chi connectivity index (χ0v) is 22.8. The molecule has 1 atom stereocenters. The van der Waals surface area contributed by atoms with Gasteiger partial charge >= 0.3 is 6.36 Å². The Morgan fingerprint density at radius 3 is 2.26 bits per heavy atom. The van der Waals surface area contributed by atoms with Gasteiger partial charge in [0.05, 0.1) is 5.41 Å². The number of piperidine rings is 1. The number of carbonyl (C=O) groups excluding carboxylic acids is 2. The molecule has 3 aliphatic rings. The van der Waals surface area contributed by atoms with Crippen molar-refractivity contribution >= 4 is 23.2 Å². The van der Waals surface area contributed by atoms with E-state index in [-0.39, 0.29) is 17.6 Å². The average Bonchev–Trinajstić information content (AvgIpc) is 3.50. The summed E-state index contributed by atoms with van der Waals surface area (Å²) in [6, 6.07) is 11.4. The summed E-state index contributed by atoms with van der Waals surface area (Å²) in [6.07, 6.45) is -1.67. The van der Waals surface area contributed by atoms with Crippen LogP contribution in [0.15, 0.2) is 42.5 Å². The highest BCUT2D eigenvalue weighted by Gasteiger charge is 2.49. The van der Waals surface area contributed by atoms with Crippen molar-refractivity contribution in [1.82, 2.24) is 4.90 Å². The Kier molecular flexibility index (Phi) is 7.29. The van der Waals surface area contributed by atoms with Crippen LogP contribution in [-0.4, -0.2) is 55.8 Å². The lowest BCUT2D eigenvalue weighted by molar-refractivity contribution is -0.274. The number of likely N-dealkylation sites (tertiary alicyclic amines) is 1. The Labute approximate surface area is 227 Å². The van der Waals surface area contributed by atoms with Crippen molar-refractivity contribution in [2.24, 2.45) is 17.3 Å². The third-order valence-electron chi connectivity index (χ3n) is 8.86. The Bertz CT molecular complexity index is 1220. The van der Waals surface area contributed by atoms with Gasteiger partial charge in [-0.3, -0.25) is 9.59 Å². The van der Waals surface area contributed by atoms with Gasteiger partial charge in [-0.05, 0) is 92.5 Å². The molecule has 1 spiro atoms. The highest BCUT2D eigenvalue weighted by atomic mass is 19.4. The van der Waals surface area contributed by atoms with Crippen molar-refractivity contribution in [2.45, 2.75) is 52.8 Å². The molecule has 210 valence electrons. The van der Waals surface area contributed by atoms with Crippen molar-refractivity contribution in [2.75, 3.05) is 42.5 Å². The van der Waals surface area contributed by atoms with Gasteiger partial charge in [0.25, 0.3) is 5.91 Å². The second kappa shape index (κ2) is 10.4. The number of aryl methyl sites for hydroxylation is 1. The van der Waals surface area contributed by atoms with Gasteiger partial charge in [-0.1, -0.05) is 13.8 Å². The number of rotatable bonds is 5. The molecule has 0 saturated carbocycles. The molecule has 0 N–H and O–H groups in total. The van der Waals surface area contributed by atoms with E-state index in [4.69, 9.17) is 0 Å². The first-order chi connectivity index (χ1) is 18.5. The van der Waals surface area contributed by atoms with E-state index in [1.54, 1.807) is 4.90 Å². The maximum Gasteiger partial charge on any atom is 0.573 e. The molecule has 6 nitrogen and oxygen atoms in total. The maximum absolute atomic E-state index is 13.7. The third-order valence-corrected chi connectivity index (χ3v) is 8.86. The van der Waals surface area contributed by atoms with Gasteiger partial charge in [0, 0.05) is 49.7 Å². The number of halogens is 3. The van der Waals surface area contributed by atoms with Crippen LogP contribution in [0.25, 0.3) is 0 Å². The molecule has 0 aliphatic carbocycles. The first-order valence-corrected chi connectivity index (χ1v) is 13.8. The molecule has 0 radical (unpaired) electrons. The average molecular weight is 544 g/mol. The molecule has 0 bridgehead atoms. The van der Waals surface area contributed by atoms with Gasteiger partial charge in [-0.15, -0.1) is 13.2 Å². The number of alkyl halides is 3. The van der Waals surface area contributed by atoms with E-state index in [1.165, 1.54) is 24.2 Å². The first-order valence-electron chi connectivity index (χ1n) is 13.8. The zero-order valence-electron chi connectivity index (χ0n) is 22.8. The molecule has 1 unspecified atom stereocenters. The minimum absolute atomic E-state index is 0.125. The molecule has 2 aromatic rings. The molecule has 3 heterocycles. The van der Waals surface area contributed by atoms with Crippen LogP contribution in [0.1, 0.15) is 55.5 Å². The van der Waals surface area contributed by atoms with Crippen molar-refractivity contribution in [3.63, 3.8) is 0 Å². The van der Waals surface area contributed by atoms with Crippen LogP contribution < -0.4 is 14.5 Å². The lowest BCUT2D eigenvalue weighted by Gasteiger charge is -2.38. The lowest BCUT2D eigenvalue weighted by Crippen LogP contribution is -2.46. The number of ether oxygens (including phenoxy) is 1. The van der Waals surface area contributed by atoms with E-state index < -0.39 is 11.8 Å².